The molecular weight excluding hydrogens is 416 g/mol. The second-order valence-electron chi connectivity index (χ2n) is 7.20. The van der Waals surface area contributed by atoms with Gasteiger partial charge >= 0.3 is 0 Å². The molecule has 1 aromatic rings. The number of rotatable bonds is 4. The van der Waals surface area contributed by atoms with Crippen molar-refractivity contribution in [2.75, 3.05) is 26.8 Å². The number of ether oxygens (including phenoxy) is 2. The van der Waals surface area contributed by atoms with Crippen LogP contribution in [0.5, 0.6) is 5.75 Å². The molecule has 26 heavy (non-hydrogen) atoms. The van der Waals surface area contributed by atoms with Crippen LogP contribution in [0.4, 0.5) is 0 Å². The van der Waals surface area contributed by atoms with Crippen LogP contribution in [0.2, 0.25) is 0 Å². The van der Waals surface area contributed by atoms with Gasteiger partial charge in [-0.25, -0.2) is 0 Å². The summed E-state index contributed by atoms with van der Waals surface area (Å²) < 4.78 is 12.3. The first-order chi connectivity index (χ1) is 12.6. The molecule has 1 saturated carbocycles. The maximum Gasteiger partial charge on any atom is 0.283 e. The molecule has 1 aromatic carbocycles. The van der Waals surface area contributed by atoms with E-state index in [2.05, 4.69) is 25.8 Å². The lowest BCUT2D eigenvalue weighted by molar-refractivity contribution is 0.0882. The molecule has 0 N–H and O–H groups in total. The van der Waals surface area contributed by atoms with E-state index in [4.69, 9.17) is 9.47 Å². The first kappa shape index (κ1) is 18.3. The molecule has 2 aliphatic heterocycles. The molecule has 1 spiro atoms. The SMILES string of the molecule is COc1cc(Br)ccc1C(=O)N=C1SC2(CCC2)CN1C[C@H]1CCCO1. The second-order valence-corrected chi connectivity index (χ2v) is 9.55. The Bertz CT molecular complexity index is 729. The van der Waals surface area contributed by atoms with Crippen molar-refractivity contribution in [1.82, 2.24) is 4.90 Å². The molecular formula is C19H23BrN2O3S. The average Bonchev–Trinajstić information content (AvgIpc) is 3.23. The summed E-state index contributed by atoms with van der Waals surface area (Å²) in [6, 6.07) is 5.40. The third-order valence-corrected chi connectivity index (χ3v) is 7.36. The van der Waals surface area contributed by atoms with Gasteiger partial charge in [-0.15, -0.1) is 0 Å². The van der Waals surface area contributed by atoms with Crippen LogP contribution in [-0.2, 0) is 4.74 Å². The van der Waals surface area contributed by atoms with Crippen LogP contribution in [0.15, 0.2) is 27.7 Å². The molecule has 5 nitrogen and oxygen atoms in total. The van der Waals surface area contributed by atoms with E-state index >= 15 is 0 Å². The number of aliphatic imine (C=N–C) groups is 1. The van der Waals surface area contributed by atoms with Crippen LogP contribution in [0.1, 0.15) is 42.5 Å². The summed E-state index contributed by atoms with van der Waals surface area (Å²) in [4.78, 5) is 19.6. The first-order valence-corrected chi connectivity index (χ1v) is 10.7. The van der Waals surface area contributed by atoms with Crippen molar-refractivity contribution >= 4 is 38.8 Å². The first-order valence-electron chi connectivity index (χ1n) is 9.11. The van der Waals surface area contributed by atoms with Crippen LogP contribution < -0.4 is 4.74 Å². The van der Waals surface area contributed by atoms with Gasteiger partial charge in [0.25, 0.3) is 5.91 Å². The molecule has 3 aliphatic rings. The molecule has 0 bridgehead atoms. The maximum absolute atomic E-state index is 12.8. The number of nitrogens with zero attached hydrogens (tertiary/aromatic N) is 2. The Balaban J connectivity index is 1.57. The van der Waals surface area contributed by atoms with Gasteiger partial charge < -0.3 is 14.4 Å². The molecule has 2 saturated heterocycles. The minimum absolute atomic E-state index is 0.245. The van der Waals surface area contributed by atoms with E-state index in [1.54, 1.807) is 31.0 Å². The number of methoxy groups -OCH3 is 1. The Hall–Kier alpha value is -1.05. The van der Waals surface area contributed by atoms with Crippen molar-refractivity contribution in [2.24, 2.45) is 4.99 Å². The molecule has 3 fully saturated rings. The van der Waals surface area contributed by atoms with Gasteiger partial charge in [0, 0.05) is 28.9 Å². The van der Waals surface area contributed by atoms with Gasteiger partial charge in [0.15, 0.2) is 5.17 Å². The number of hydrogen-bond donors (Lipinski definition) is 0. The molecule has 0 aromatic heterocycles. The third kappa shape index (κ3) is 3.66. The second kappa shape index (κ2) is 7.52. The van der Waals surface area contributed by atoms with E-state index in [1.807, 2.05) is 6.07 Å². The highest BCUT2D eigenvalue weighted by molar-refractivity contribution is 9.10. The predicted molar refractivity (Wildman–Crippen MR) is 107 cm³/mol. The minimum atomic E-state index is -0.245. The molecule has 1 amide bonds. The van der Waals surface area contributed by atoms with E-state index in [0.717, 1.165) is 42.2 Å². The van der Waals surface area contributed by atoms with Crippen LogP contribution in [0.3, 0.4) is 0 Å². The van der Waals surface area contributed by atoms with E-state index < -0.39 is 0 Å². The zero-order valence-corrected chi connectivity index (χ0v) is 17.3. The monoisotopic (exact) mass is 438 g/mol. The Morgan fingerprint density at radius 2 is 2.31 bits per heavy atom. The predicted octanol–water partition coefficient (Wildman–Crippen LogP) is 4.10. The lowest BCUT2D eigenvalue weighted by Gasteiger charge is -2.36. The lowest BCUT2D eigenvalue weighted by Crippen LogP contribution is -2.40. The zero-order valence-electron chi connectivity index (χ0n) is 14.9. The Morgan fingerprint density at radius 3 is 2.96 bits per heavy atom. The van der Waals surface area contributed by atoms with Crippen LogP contribution >= 0.6 is 27.7 Å². The lowest BCUT2D eigenvalue weighted by atomic mass is 9.84. The fraction of sp³-hybridized carbons (Fsp3) is 0.579. The van der Waals surface area contributed by atoms with E-state index in [0.29, 0.717) is 11.3 Å². The molecule has 7 heteroatoms. The molecule has 1 aliphatic carbocycles. The van der Waals surface area contributed by atoms with Crippen molar-refractivity contribution in [3.05, 3.63) is 28.2 Å². The summed E-state index contributed by atoms with van der Waals surface area (Å²) >= 11 is 5.19. The van der Waals surface area contributed by atoms with Gasteiger partial charge in [-0.05, 0) is 43.9 Å². The zero-order chi connectivity index (χ0) is 18.1. The minimum Gasteiger partial charge on any atom is -0.496 e. The number of halogens is 1. The van der Waals surface area contributed by atoms with E-state index in [9.17, 15) is 4.79 Å². The highest BCUT2D eigenvalue weighted by atomic mass is 79.9. The van der Waals surface area contributed by atoms with Gasteiger partial charge in [0.2, 0.25) is 0 Å². The molecule has 4 rings (SSSR count). The van der Waals surface area contributed by atoms with Gasteiger partial charge in [-0.1, -0.05) is 34.1 Å². The summed E-state index contributed by atoms with van der Waals surface area (Å²) in [6.45, 7) is 2.65. The van der Waals surface area contributed by atoms with Crippen LogP contribution in [0, 0.1) is 0 Å². The molecule has 0 radical (unpaired) electrons. The number of amides is 1. The van der Waals surface area contributed by atoms with Crippen molar-refractivity contribution in [3.8, 4) is 5.75 Å². The number of hydrogen-bond acceptors (Lipinski definition) is 4. The molecule has 140 valence electrons. The van der Waals surface area contributed by atoms with Gasteiger partial charge in [0.05, 0.1) is 18.8 Å². The van der Waals surface area contributed by atoms with E-state index in [-0.39, 0.29) is 16.8 Å². The molecule has 1 atom stereocenters. The van der Waals surface area contributed by atoms with Gasteiger partial charge in [-0.3, -0.25) is 4.79 Å². The Kier molecular flexibility index (Phi) is 5.30. The normalized spacial score (nSPS) is 25.7. The number of carbonyl (C=O) groups excluding carboxylic acids is 1. The van der Waals surface area contributed by atoms with Crippen LogP contribution in [-0.4, -0.2) is 53.6 Å². The van der Waals surface area contributed by atoms with Crippen molar-refractivity contribution in [2.45, 2.75) is 43.0 Å². The Labute approximate surface area is 166 Å². The Morgan fingerprint density at radius 1 is 1.46 bits per heavy atom. The van der Waals surface area contributed by atoms with Crippen molar-refractivity contribution < 1.29 is 14.3 Å². The third-order valence-electron chi connectivity index (χ3n) is 5.36. The average molecular weight is 439 g/mol. The molecule has 2 heterocycles. The summed E-state index contributed by atoms with van der Waals surface area (Å²) in [5.74, 6) is 0.298. The quantitative estimate of drug-likeness (QED) is 0.707. The maximum atomic E-state index is 12.8. The summed E-state index contributed by atoms with van der Waals surface area (Å²) in [5, 5.41) is 0.843. The number of carbonyl (C=O) groups is 1. The number of thioether (sulfide) groups is 1. The van der Waals surface area contributed by atoms with Crippen LogP contribution in [0.25, 0.3) is 0 Å². The van der Waals surface area contributed by atoms with E-state index in [1.165, 1.54) is 19.3 Å². The summed E-state index contributed by atoms with van der Waals surface area (Å²) in [7, 11) is 1.57. The fourth-order valence-corrected chi connectivity index (χ4v) is 5.63. The van der Waals surface area contributed by atoms with Crippen molar-refractivity contribution in [1.29, 1.82) is 0 Å². The molecule has 0 unspecified atom stereocenters. The summed E-state index contributed by atoms with van der Waals surface area (Å²) in [6.07, 6.45) is 6.15. The van der Waals surface area contributed by atoms with Gasteiger partial charge in [-0.2, -0.15) is 4.99 Å². The number of amidine groups is 1. The van der Waals surface area contributed by atoms with Gasteiger partial charge in [0.1, 0.15) is 5.75 Å². The largest absolute Gasteiger partial charge is 0.496 e. The standard InChI is InChI=1S/C19H23BrN2O3S/c1-24-16-10-13(20)5-6-15(16)17(23)21-18-22(11-14-4-2-9-25-14)12-19(26-18)7-3-8-19/h5-6,10,14H,2-4,7-9,11-12H2,1H3/t14-/m1/s1. The fourth-order valence-electron chi connectivity index (χ4n) is 3.80. The van der Waals surface area contributed by atoms with Crippen molar-refractivity contribution in [3.63, 3.8) is 0 Å². The number of benzene rings is 1. The highest BCUT2D eigenvalue weighted by Crippen LogP contribution is 2.50. The summed E-state index contributed by atoms with van der Waals surface area (Å²) in [5.41, 5.74) is 0.496. The highest BCUT2D eigenvalue weighted by Gasteiger charge is 2.47. The smallest absolute Gasteiger partial charge is 0.283 e. The topological polar surface area (TPSA) is 51.1 Å².